The van der Waals surface area contributed by atoms with Gasteiger partial charge in [0.15, 0.2) is 5.82 Å². The molecule has 1 fully saturated rings. The first-order valence-electron chi connectivity index (χ1n) is 13.6. The van der Waals surface area contributed by atoms with Crippen LogP contribution in [0.3, 0.4) is 0 Å². The number of nitrogens with zero attached hydrogens (tertiary/aromatic N) is 4. The zero-order valence-electron chi connectivity index (χ0n) is 23.0. The smallest absolute Gasteiger partial charge is 0.323 e. The number of hydrogen-bond acceptors (Lipinski definition) is 7. The van der Waals surface area contributed by atoms with Crippen molar-refractivity contribution in [3.8, 4) is 22.5 Å². The first-order valence-corrected chi connectivity index (χ1v) is 13.6. The Bertz CT molecular complexity index is 1720. The van der Waals surface area contributed by atoms with E-state index in [1.165, 1.54) is 6.92 Å². The highest BCUT2D eigenvalue weighted by Gasteiger charge is 2.19. The van der Waals surface area contributed by atoms with Crippen LogP contribution in [0.2, 0.25) is 0 Å². The van der Waals surface area contributed by atoms with E-state index in [0.29, 0.717) is 36.1 Å². The minimum absolute atomic E-state index is 0.155. The Morgan fingerprint density at radius 1 is 0.714 bits per heavy atom. The number of morpholine rings is 1. The minimum Gasteiger partial charge on any atom is -0.378 e. The largest absolute Gasteiger partial charge is 0.378 e. The molecule has 0 radical (unpaired) electrons. The van der Waals surface area contributed by atoms with Crippen LogP contribution in [0.4, 0.5) is 27.7 Å². The summed E-state index contributed by atoms with van der Waals surface area (Å²) in [4.78, 5) is 40.1. The fourth-order valence-electron chi connectivity index (χ4n) is 4.82. The second-order valence-corrected chi connectivity index (χ2v) is 9.85. The molecule has 0 unspecified atom stereocenters. The summed E-state index contributed by atoms with van der Waals surface area (Å²) in [7, 11) is 0. The Morgan fingerprint density at radius 2 is 1.31 bits per heavy atom. The van der Waals surface area contributed by atoms with Gasteiger partial charge in [0.25, 0.3) is 0 Å². The van der Waals surface area contributed by atoms with E-state index in [4.69, 9.17) is 14.7 Å². The van der Waals surface area contributed by atoms with E-state index in [2.05, 4.69) is 44.0 Å². The Balaban J connectivity index is 1.24. The number of urea groups is 1. The third-order valence-electron chi connectivity index (χ3n) is 6.87. The Morgan fingerprint density at radius 3 is 1.95 bits per heavy atom. The molecule has 10 heteroatoms. The molecule has 1 aliphatic rings. The van der Waals surface area contributed by atoms with Crippen molar-refractivity contribution in [2.75, 3.05) is 47.2 Å². The van der Waals surface area contributed by atoms with Gasteiger partial charge in [-0.15, -0.1) is 0 Å². The summed E-state index contributed by atoms with van der Waals surface area (Å²) in [5.74, 6) is 1.33. The summed E-state index contributed by atoms with van der Waals surface area (Å²) in [6.45, 7) is 4.26. The second-order valence-electron chi connectivity index (χ2n) is 9.85. The molecule has 0 atom stereocenters. The van der Waals surface area contributed by atoms with Crippen LogP contribution in [0.15, 0.2) is 91.3 Å². The van der Waals surface area contributed by atoms with Crippen molar-refractivity contribution in [3.05, 3.63) is 91.3 Å². The quantitative estimate of drug-likeness (QED) is 0.240. The number of ether oxygens (including phenoxy) is 1. The molecule has 6 rings (SSSR count). The lowest BCUT2D eigenvalue weighted by atomic mass is 10.0. The lowest BCUT2D eigenvalue weighted by Gasteiger charge is -2.29. The number of anilines is 4. The van der Waals surface area contributed by atoms with Crippen molar-refractivity contribution < 1.29 is 14.3 Å². The molecular formula is C32H29N7O3. The highest BCUT2D eigenvalue weighted by atomic mass is 16.5. The van der Waals surface area contributed by atoms with E-state index >= 15 is 0 Å². The monoisotopic (exact) mass is 559 g/mol. The van der Waals surface area contributed by atoms with Crippen LogP contribution < -0.4 is 20.9 Å². The highest BCUT2D eigenvalue weighted by Crippen LogP contribution is 2.32. The van der Waals surface area contributed by atoms with E-state index in [0.717, 1.165) is 46.5 Å². The number of hydrogen-bond donors (Lipinski definition) is 3. The molecule has 210 valence electrons. The molecule has 0 spiro atoms. The van der Waals surface area contributed by atoms with E-state index in [-0.39, 0.29) is 11.9 Å². The summed E-state index contributed by atoms with van der Waals surface area (Å²) in [6, 6.07) is 24.2. The topological polar surface area (TPSA) is 121 Å². The SMILES string of the molecule is CC(=O)Nc1ccc(NC(=O)Nc2ccc(-c3nc(N4CCOCC4)c4ccc(-c5ccncc5)cc4n3)cc2)cc1. The minimum atomic E-state index is -0.379. The van der Waals surface area contributed by atoms with E-state index < -0.39 is 0 Å². The molecule has 3 aromatic carbocycles. The maximum Gasteiger partial charge on any atom is 0.323 e. The molecule has 10 nitrogen and oxygen atoms in total. The molecular weight excluding hydrogens is 530 g/mol. The van der Waals surface area contributed by atoms with Crippen molar-refractivity contribution >= 4 is 45.7 Å². The summed E-state index contributed by atoms with van der Waals surface area (Å²) >= 11 is 0. The maximum atomic E-state index is 12.6. The molecule has 3 amide bonds. The number of amides is 3. The average molecular weight is 560 g/mol. The average Bonchev–Trinajstić information content (AvgIpc) is 3.02. The Labute approximate surface area is 242 Å². The predicted molar refractivity (Wildman–Crippen MR) is 165 cm³/mol. The van der Waals surface area contributed by atoms with Crippen molar-refractivity contribution in [1.29, 1.82) is 0 Å². The van der Waals surface area contributed by atoms with Gasteiger partial charge in [0.1, 0.15) is 5.82 Å². The summed E-state index contributed by atoms with van der Waals surface area (Å²) in [5, 5.41) is 9.32. The molecule has 1 saturated heterocycles. The summed E-state index contributed by atoms with van der Waals surface area (Å²) in [6.07, 6.45) is 3.56. The number of nitrogens with one attached hydrogen (secondary N) is 3. The predicted octanol–water partition coefficient (Wildman–Crippen LogP) is 5.80. The Hall–Kier alpha value is -5.35. The van der Waals surface area contributed by atoms with Crippen LogP contribution in [-0.2, 0) is 9.53 Å². The number of carbonyl (C=O) groups is 2. The van der Waals surface area contributed by atoms with Gasteiger partial charge in [-0.05, 0) is 83.9 Å². The van der Waals surface area contributed by atoms with Crippen LogP contribution in [0.5, 0.6) is 0 Å². The van der Waals surface area contributed by atoms with Crippen LogP contribution in [0.1, 0.15) is 6.92 Å². The molecule has 2 aromatic heterocycles. The van der Waals surface area contributed by atoms with Crippen LogP contribution in [-0.4, -0.2) is 53.2 Å². The molecule has 0 bridgehead atoms. The van der Waals surface area contributed by atoms with Crippen LogP contribution in [0.25, 0.3) is 33.4 Å². The fraction of sp³-hybridized carbons (Fsp3) is 0.156. The van der Waals surface area contributed by atoms with Gasteiger partial charge < -0.3 is 25.6 Å². The van der Waals surface area contributed by atoms with Gasteiger partial charge in [0, 0.05) is 60.4 Å². The van der Waals surface area contributed by atoms with Gasteiger partial charge in [-0.25, -0.2) is 14.8 Å². The molecule has 0 saturated carbocycles. The number of pyridine rings is 1. The summed E-state index contributed by atoms with van der Waals surface area (Å²) < 4.78 is 5.58. The highest BCUT2D eigenvalue weighted by molar-refractivity contribution is 6.00. The molecule has 1 aliphatic heterocycles. The maximum absolute atomic E-state index is 12.6. The van der Waals surface area contributed by atoms with E-state index in [1.807, 2.05) is 36.4 Å². The van der Waals surface area contributed by atoms with Gasteiger partial charge in [-0.2, -0.15) is 0 Å². The fourth-order valence-corrected chi connectivity index (χ4v) is 4.82. The van der Waals surface area contributed by atoms with Crippen molar-refractivity contribution in [2.24, 2.45) is 0 Å². The van der Waals surface area contributed by atoms with E-state index in [9.17, 15) is 9.59 Å². The van der Waals surface area contributed by atoms with Crippen LogP contribution in [0, 0.1) is 0 Å². The molecule has 3 N–H and O–H groups in total. The molecule has 42 heavy (non-hydrogen) atoms. The first-order chi connectivity index (χ1) is 20.5. The lowest BCUT2D eigenvalue weighted by molar-refractivity contribution is -0.114. The van der Waals surface area contributed by atoms with Gasteiger partial charge in [0.05, 0.1) is 18.7 Å². The van der Waals surface area contributed by atoms with Crippen molar-refractivity contribution in [1.82, 2.24) is 15.0 Å². The van der Waals surface area contributed by atoms with Crippen molar-refractivity contribution in [2.45, 2.75) is 6.92 Å². The molecule has 5 aromatic rings. The van der Waals surface area contributed by atoms with Gasteiger partial charge >= 0.3 is 6.03 Å². The third kappa shape index (κ3) is 6.18. The first kappa shape index (κ1) is 26.9. The number of rotatable bonds is 6. The zero-order valence-corrected chi connectivity index (χ0v) is 23.0. The van der Waals surface area contributed by atoms with Gasteiger partial charge in [-0.1, -0.05) is 6.07 Å². The Kier molecular flexibility index (Phi) is 7.69. The normalized spacial score (nSPS) is 13.0. The number of fused-ring (bicyclic) bond motifs is 1. The second kappa shape index (κ2) is 12.0. The van der Waals surface area contributed by atoms with Gasteiger partial charge in [-0.3, -0.25) is 9.78 Å². The summed E-state index contributed by atoms with van der Waals surface area (Å²) in [5.41, 5.74) is 5.69. The number of carbonyl (C=O) groups excluding carboxylic acids is 2. The lowest BCUT2D eigenvalue weighted by Crippen LogP contribution is -2.37. The number of benzene rings is 3. The third-order valence-corrected chi connectivity index (χ3v) is 6.87. The standard InChI is InChI=1S/C32H29N7O3/c1-21(40)34-25-7-9-27(10-8-25)36-32(41)35-26-5-2-23(3-6-26)30-37-29-20-24(22-12-14-33-15-13-22)4-11-28(29)31(38-30)39-16-18-42-19-17-39/h2-15,20H,16-19H2,1H3,(H,34,40)(H2,35,36,41). The molecule has 0 aliphatic carbocycles. The van der Waals surface area contributed by atoms with Gasteiger partial charge in [0.2, 0.25) is 5.91 Å². The van der Waals surface area contributed by atoms with Crippen LogP contribution >= 0.6 is 0 Å². The molecule has 3 heterocycles. The number of aromatic nitrogens is 3. The van der Waals surface area contributed by atoms with E-state index in [1.54, 1.807) is 36.7 Å². The van der Waals surface area contributed by atoms with Crippen molar-refractivity contribution in [3.63, 3.8) is 0 Å². The zero-order chi connectivity index (χ0) is 28.9.